The van der Waals surface area contributed by atoms with Crippen molar-refractivity contribution in [3.05, 3.63) is 28.5 Å². The van der Waals surface area contributed by atoms with Crippen LogP contribution in [-0.4, -0.2) is 16.6 Å². The van der Waals surface area contributed by atoms with Crippen LogP contribution in [0.5, 0.6) is 0 Å². The molecule has 0 aromatic carbocycles. The minimum absolute atomic E-state index is 0.126. The molecule has 1 atom stereocenters. The van der Waals surface area contributed by atoms with Gasteiger partial charge < -0.3 is 4.74 Å². The van der Waals surface area contributed by atoms with Gasteiger partial charge in [-0.3, -0.25) is 4.79 Å². The van der Waals surface area contributed by atoms with Crippen LogP contribution in [-0.2, 0) is 22.4 Å². The first-order valence-corrected chi connectivity index (χ1v) is 6.56. The van der Waals surface area contributed by atoms with Crippen molar-refractivity contribution in [3.63, 3.8) is 0 Å². The zero-order chi connectivity index (χ0) is 13.3. The van der Waals surface area contributed by atoms with Gasteiger partial charge in [-0.15, -0.1) is 0 Å². The molecule has 0 N–H and O–H groups in total. The molecule has 18 heavy (non-hydrogen) atoms. The van der Waals surface area contributed by atoms with Gasteiger partial charge in [0, 0.05) is 12.6 Å². The lowest BCUT2D eigenvalue weighted by atomic mass is 10.0. The molecule has 1 unspecified atom stereocenters. The Balaban J connectivity index is 1.94. The second kappa shape index (κ2) is 4.88. The van der Waals surface area contributed by atoms with Crippen LogP contribution < -0.4 is 0 Å². The third kappa shape index (κ3) is 3.45. The molecule has 0 bridgehead atoms. The number of esters is 1. The number of nitrogens with zero attached hydrogens (tertiary/aromatic N) is 1. The highest BCUT2D eigenvalue weighted by molar-refractivity contribution is 6.29. The van der Waals surface area contributed by atoms with Gasteiger partial charge in [-0.2, -0.15) is 0 Å². The lowest BCUT2D eigenvalue weighted by molar-refractivity contribution is -0.155. The number of rotatable bonds is 2. The molecule has 0 aliphatic heterocycles. The van der Waals surface area contributed by atoms with Crippen molar-refractivity contribution in [1.82, 2.24) is 4.98 Å². The van der Waals surface area contributed by atoms with Crippen LogP contribution in [0.2, 0.25) is 5.15 Å². The highest BCUT2D eigenvalue weighted by atomic mass is 35.5. The Kier molecular flexibility index (Phi) is 3.62. The average molecular weight is 268 g/mol. The summed E-state index contributed by atoms with van der Waals surface area (Å²) in [4.78, 5) is 15.8. The fraction of sp³-hybridized carbons (Fsp3) is 0.571. The molecule has 0 amide bonds. The molecule has 1 aliphatic rings. The largest absolute Gasteiger partial charge is 0.460 e. The van der Waals surface area contributed by atoms with Gasteiger partial charge in [0.25, 0.3) is 0 Å². The zero-order valence-corrected chi connectivity index (χ0v) is 11.8. The molecule has 0 radical (unpaired) electrons. The molecule has 98 valence electrons. The lowest BCUT2D eigenvalue weighted by Crippen LogP contribution is -2.25. The molecular formula is C14H18ClNO2. The summed E-state index contributed by atoms with van der Waals surface area (Å²) in [6.07, 6.45) is 4.05. The van der Waals surface area contributed by atoms with Crippen LogP contribution in [0.15, 0.2) is 12.3 Å². The molecule has 1 aliphatic carbocycles. The number of ether oxygens (including phenoxy) is 1. The van der Waals surface area contributed by atoms with Crippen molar-refractivity contribution in [2.45, 2.75) is 45.6 Å². The molecule has 0 spiro atoms. The first kappa shape index (κ1) is 13.3. The zero-order valence-electron chi connectivity index (χ0n) is 11.0. The van der Waals surface area contributed by atoms with Gasteiger partial charge in [0.1, 0.15) is 10.8 Å². The first-order chi connectivity index (χ1) is 8.33. The molecule has 0 saturated carbocycles. The van der Waals surface area contributed by atoms with Crippen molar-refractivity contribution in [2.24, 2.45) is 5.92 Å². The smallest absolute Gasteiger partial charge is 0.306 e. The highest BCUT2D eigenvalue weighted by Gasteiger charge is 2.26. The summed E-state index contributed by atoms with van der Waals surface area (Å²) in [7, 11) is 0. The number of aromatic nitrogens is 1. The Morgan fingerprint density at radius 2 is 2.11 bits per heavy atom. The van der Waals surface area contributed by atoms with Crippen molar-refractivity contribution in [3.8, 4) is 0 Å². The molecule has 2 rings (SSSR count). The fourth-order valence-corrected chi connectivity index (χ4v) is 2.51. The van der Waals surface area contributed by atoms with Gasteiger partial charge in [0.05, 0.1) is 0 Å². The van der Waals surface area contributed by atoms with Crippen LogP contribution in [0.25, 0.3) is 0 Å². The number of carbonyl (C=O) groups is 1. The molecule has 0 saturated heterocycles. The van der Waals surface area contributed by atoms with Crippen LogP contribution in [0, 0.1) is 5.92 Å². The van der Waals surface area contributed by atoms with E-state index in [4.69, 9.17) is 16.3 Å². The quantitative estimate of drug-likeness (QED) is 0.610. The van der Waals surface area contributed by atoms with Gasteiger partial charge >= 0.3 is 5.97 Å². The minimum atomic E-state index is -0.409. The molecule has 1 aromatic rings. The van der Waals surface area contributed by atoms with E-state index in [0.717, 1.165) is 12.8 Å². The van der Waals surface area contributed by atoms with E-state index in [2.05, 4.69) is 4.98 Å². The predicted octanol–water partition coefficient (Wildman–Crippen LogP) is 3.18. The number of carbonyl (C=O) groups excluding carboxylic acids is 1. The first-order valence-electron chi connectivity index (χ1n) is 6.18. The van der Waals surface area contributed by atoms with E-state index in [1.54, 1.807) is 0 Å². The maximum absolute atomic E-state index is 11.8. The summed E-state index contributed by atoms with van der Waals surface area (Å²) in [5.41, 5.74) is 2.00. The molecular weight excluding hydrogens is 250 g/mol. The van der Waals surface area contributed by atoms with Gasteiger partial charge in [0.15, 0.2) is 0 Å². The normalized spacial score (nSPS) is 18.6. The third-order valence-electron chi connectivity index (χ3n) is 2.94. The van der Waals surface area contributed by atoms with E-state index < -0.39 is 5.60 Å². The Morgan fingerprint density at radius 3 is 2.78 bits per heavy atom. The van der Waals surface area contributed by atoms with E-state index >= 15 is 0 Å². The molecule has 1 aromatic heterocycles. The molecule has 0 fully saturated rings. The Bertz CT molecular complexity index is 465. The summed E-state index contributed by atoms with van der Waals surface area (Å²) in [5, 5.41) is 0.520. The Labute approximate surface area is 113 Å². The Hall–Kier alpha value is -1.09. The van der Waals surface area contributed by atoms with Gasteiger partial charge in [-0.1, -0.05) is 11.6 Å². The average Bonchev–Trinajstić information content (AvgIpc) is 2.55. The lowest BCUT2D eigenvalue weighted by Gasteiger charge is -2.20. The number of pyridine rings is 1. The minimum Gasteiger partial charge on any atom is -0.460 e. The SMILES string of the molecule is CC(C)(C)OC(=O)CC1Cc2cnc(Cl)cc2C1. The third-order valence-corrected chi connectivity index (χ3v) is 3.15. The van der Waals surface area contributed by atoms with Gasteiger partial charge in [-0.25, -0.2) is 4.98 Å². The van der Waals surface area contributed by atoms with Gasteiger partial charge in [-0.05, 0) is 56.7 Å². The molecule has 3 nitrogen and oxygen atoms in total. The molecule has 1 heterocycles. The van der Waals surface area contributed by atoms with Crippen molar-refractivity contribution < 1.29 is 9.53 Å². The van der Waals surface area contributed by atoms with Crippen molar-refractivity contribution >= 4 is 17.6 Å². The van der Waals surface area contributed by atoms with Crippen LogP contribution >= 0.6 is 11.6 Å². The maximum Gasteiger partial charge on any atom is 0.306 e. The van der Waals surface area contributed by atoms with E-state index in [1.165, 1.54) is 11.1 Å². The summed E-state index contributed by atoms with van der Waals surface area (Å²) >= 11 is 5.86. The van der Waals surface area contributed by atoms with E-state index in [0.29, 0.717) is 17.5 Å². The van der Waals surface area contributed by atoms with E-state index in [-0.39, 0.29) is 5.97 Å². The van der Waals surface area contributed by atoms with Gasteiger partial charge in [0.2, 0.25) is 0 Å². The molecule has 4 heteroatoms. The van der Waals surface area contributed by atoms with Crippen molar-refractivity contribution in [2.75, 3.05) is 0 Å². The van der Waals surface area contributed by atoms with Crippen LogP contribution in [0.4, 0.5) is 0 Å². The van der Waals surface area contributed by atoms with E-state index in [9.17, 15) is 4.79 Å². The summed E-state index contributed by atoms with van der Waals surface area (Å²) in [6.45, 7) is 5.66. The van der Waals surface area contributed by atoms with Crippen LogP contribution in [0.3, 0.4) is 0 Å². The number of hydrogen-bond acceptors (Lipinski definition) is 3. The number of halogens is 1. The van der Waals surface area contributed by atoms with E-state index in [1.807, 2.05) is 33.0 Å². The second-order valence-electron chi connectivity index (χ2n) is 5.84. The summed E-state index contributed by atoms with van der Waals surface area (Å²) in [6, 6.07) is 1.89. The summed E-state index contributed by atoms with van der Waals surface area (Å²) in [5.74, 6) is 0.189. The predicted molar refractivity (Wildman–Crippen MR) is 70.6 cm³/mol. The highest BCUT2D eigenvalue weighted by Crippen LogP contribution is 2.30. The topological polar surface area (TPSA) is 39.2 Å². The fourth-order valence-electron chi connectivity index (χ4n) is 2.33. The number of hydrogen-bond donors (Lipinski definition) is 0. The van der Waals surface area contributed by atoms with Crippen molar-refractivity contribution in [1.29, 1.82) is 0 Å². The standard InChI is InChI=1S/C14H18ClNO2/c1-14(2,3)18-13(17)6-9-4-10-7-12(15)16-8-11(10)5-9/h7-9H,4-6H2,1-3H3. The monoisotopic (exact) mass is 267 g/mol. The summed E-state index contributed by atoms with van der Waals surface area (Å²) < 4.78 is 5.34. The Morgan fingerprint density at radius 1 is 1.44 bits per heavy atom. The number of fused-ring (bicyclic) bond motifs is 1. The van der Waals surface area contributed by atoms with Crippen LogP contribution in [0.1, 0.15) is 38.3 Å². The second-order valence-corrected chi connectivity index (χ2v) is 6.23. The maximum atomic E-state index is 11.8.